The van der Waals surface area contributed by atoms with Crippen LogP contribution >= 0.6 is 0 Å². The van der Waals surface area contributed by atoms with Crippen LogP contribution in [0.2, 0.25) is 0 Å². The Bertz CT molecular complexity index is 196. The zero-order valence-corrected chi connectivity index (χ0v) is 5.83. The summed E-state index contributed by atoms with van der Waals surface area (Å²) >= 11 is 0. The fourth-order valence-corrected chi connectivity index (χ4v) is 0.901. The molecule has 10 heavy (non-hydrogen) atoms. The fourth-order valence-electron chi connectivity index (χ4n) is 0.901. The number of carbonyl (C=O) groups excluding carboxylic acids is 2. The monoisotopic (exact) mass is 139 g/mol. The summed E-state index contributed by atoms with van der Waals surface area (Å²) in [6.07, 6.45) is 4.00. The lowest BCUT2D eigenvalue weighted by atomic mass is 10.2. The molecule has 0 saturated heterocycles. The normalized spacial score (nSPS) is 17.7. The second kappa shape index (κ2) is 2.64. The van der Waals surface area contributed by atoms with Gasteiger partial charge in [-0.3, -0.25) is 14.5 Å². The maximum Gasteiger partial charge on any atom is 0.252 e. The summed E-state index contributed by atoms with van der Waals surface area (Å²) in [5.41, 5.74) is 0. The molecule has 0 fully saturated rings. The van der Waals surface area contributed by atoms with E-state index in [1.54, 1.807) is 6.08 Å². The third-order valence-electron chi connectivity index (χ3n) is 1.43. The van der Waals surface area contributed by atoms with Gasteiger partial charge in [0.1, 0.15) is 0 Å². The molecule has 0 aromatic rings. The Hall–Kier alpha value is -1.12. The van der Waals surface area contributed by atoms with E-state index in [1.165, 1.54) is 17.9 Å². The Morgan fingerprint density at radius 3 is 2.80 bits per heavy atom. The van der Waals surface area contributed by atoms with Gasteiger partial charge in [-0.15, -0.1) is 0 Å². The maximum atomic E-state index is 10.9. The average molecular weight is 139 g/mol. The summed E-state index contributed by atoms with van der Waals surface area (Å²) in [4.78, 5) is 22.8. The van der Waals surface area contributed by atoms with Crippen molar-refractivity contribution < 1.29 is 9.59 Å². The molecule has 3 nitrogen and oxygen atoms in total. The van der Waals surface area contributed by atoms with Crippen LogP contribution in [0.15, 0.2) is 12.2 Å². The smallest absolute Gasteiger partial charge is 0.252 e. The largest absolute Gasteiger partial charge is 0.279 e. The third kappa shape index (κ3) is 1.23. The number of nitrogens with zero attached hydrogens (tertiary/aromatic N) is 1. The summed E-state index contributed by atoms with van der Waals surface area (Å²) < 4.78 is 0. The van der Waals surface area contributed by atoms with Crippen molar-refractivity contribution in [2.75, 3.05) is 6.54 Å². The second-order valence-corrected chi connectivity index (χ2v) is 2.20. The Morgan fingerprint density at radius 1 is 1.70 bits per heavy atom. The summed E-state index contributed by atoms with van der Waals surface area (Å²) in [7, 11) is 0. The predicted molar refractivity (Wildman–Crippen MR) is 36.2 cm³/mol. The van der Waals surface area contributed by atoms with Crippen LogP contribution in [0.5, 0.6) is 0 Å². The van der Waals surface area contributed by atoms with Gasteiger partial charge in [0, 0.05) is 13.5 Å². The van der Waals surface area contributed by atoms with Crippen LogP contribution in [0.1, 0.15) is 13.3 Å². The van der Waals surface area contributed by atoms with Gasteiger partial charge in [-0.1, -0.05) is 6.08 Å². The Morgan fingerprint density at radius 2 is 2.40 bits per heavy atom. The average Bonchev–Trinajstić information content (AvgIpc) is 1.88. The van der Waals surface area contributed by atoms with E-state index in [4.69, 9.17) is 0 Å². The molecular weight excluding hydrogens is 130 g/mol. The standard InChI is InChI=1S/C7H9NO2/c1-6(9)8-5-3-2-4-7(8)10/h2,4H,3,5H2,1H3. The maximum absolute atomic E-state index is 10.9. The second-order valence-electron chi connectivity index (χ2n) is 2.20. The topological polar surface area (TPSA) is 37.4 Å². The van der Waals surface area contributed by atoms with Crippen molar-refractivity contribution in [2.24, 2.45) is 0 Å². The lowest BCUT2D eigenvalue weighted by molar-refractivity contribution is -0.140. The van der Waals surface area contributed by atoms with Crippen molar-refractivity contribution in [3.05, 3.63) is 12.2 Å². The Balaban J connectivity index is 2.70. The highest BCUT2D eigenvalue weighted by Gasteiger charge is 2.16. The van der Waals surface area contributed by atoms with Gasteiger partial charge in [0.25, 0.3) is 5.91 Å². The number of hydrogen-bond donors (Lipinski definition) is 0. The van der Waals surface area contributed by atoms with Crippen molar-refractivity contribution in [2.45, 2.75) is 13.3 Å². The third-order valence-corrected chi connectivity index (χ3v) is 1.43. The van der Waals surface area contributed by atoms with Crippen molar-refractivity contribution >= 4 is 11.8 Å². The van der Waals surface area contributed by atoms with Gasteiger partial charge in [0.05, 0.1) is 0 Å². The molecule has 0 aromatic heterocycles. The molecule has 2 amide bonds. The first-order valence-corrected chi connectivity index (χ1v) is 3.20. The van der Waals surface area contributed by atoms with Gasteiger partial charge in [-0.05, 0) is 12.5 Å². The van der Waals surface area contributed by atoms with E-state index in [9.17, 15) is 9.59 Å². The van der Waals surface area contributed by atoms with E-state index in [2.05, 4.69) is 0 Å². The predicted octanol–water partition coefficient (Wildman–Crippen LogP) is 0.321. The van der Waals surface area contributed by atoms with Crippen LogP contribution in [0.4, 0.5) is 0 Å². The summed E-state index contributed by atoms with van der Waals surface area (Å²) in [6.45, 7) is 1.93. The SMILES string of the molecule is CC(=O)N1CCC=CC1=O. The van der Waals surface area contributed by atoms with Crippen LogP contribution in [-0.4, -0.2) is 23.3 Å². The molecule has 0 aliphatic carbocycles. The highest BCUT2D eigenvalue weighted by Crippen LogP contribution is 2.02. The molecule has 1 aliphatic heterocycles. The van der Waals surface area contributed by atoms with Crippen molar-refractivity contribution in [3.8, 4) is 0 Å². The number of carbonyl (C=O) groups is 2. The van der Waals surface area contributed by atoms with Gasteiger partial charge >= 0.3 is 0 Å². The Labute approximate surface area is 59.3 Å². The molecule has 0 atom stereocenters. The zero-order valence-electron chi connectivity index (χ0n) is 5.83. The molecule has 1 aliphatic rings. The molecule has 0 unspecified atom stereocenters. The van der Waals surface area contributed by atoms with E-state index in [0.29, 0.717) is 6.54 Å². The van der Waals surface area contributed by atoms with Crippen molar-refractivity contribution in [3.63, 3.8) is 0 Å². The molecule has 0 radical (unpaired) electrons. The van der Waals surface area contributed by atoms with Gasteiger partial charge in [0.2, 0.25) is 5.91 Å². The minimum atomic E-state index is -0.196. The molecule has 0 spiro atoms. The van der Waals surface area contributed by atoms with Crippen LogP contribution in [0.3, 0.4) is 0 Å². The molecule has 0 N–H and O–H groups in total. The van der Waals surface area contributed by atoms with Gasteiger partial charge < -0.3 is 0 Å². The molecule has 3 heteroatoms. The first-order valence-electron chi connectivity index (χ1n) is 3.20. The first kappa shape index (κ1) is 6.99. The van der Waals surface area contributed by atoms with Gasteiger partial charge in [0.15, 0.2) is 0 Å². The molecule has 54 valence electrons. The molecule has 1 rings (SSSR count). The van der Waals surface area contributed by atoms with E-state index in [-0.39, 0.29) is 11.8 Å². The summed E-state index contributed by atoms with van der Waals surface area (Å²) in [5.74, 6) is -0.367. The van der Waals surface area contributed by atoms with Crippen LogP contribution in [-0.2, 0) is 9.59 Å². The molecule has 1 heterocycles. The van der Waals surface area contributed by atoms with Gasteiger partial charge in [-0.2, -0.15) is 0 Å². The number of amides is 2. The first-order chi connectivity index (χ1) is 4.72. The lowest BCUT2D eigenvalue weighted by Gasteiger charge is -2.18. The van der Waals surface area contributed by atoms with Crippen LogP contribution in [0, 0.1) is 0 Å². The van der Waals surface area contributed by atoms with E-state index in [0.717, 1.165) is 6.42 Å². The van der Waals surface area contributed by atoms with E-state index in [1.807, 2.05) is 0 Å². The minimum absolute atomic E-state index is 0.172. The van der Waals surface area contributed by atoms with E-state index < -0.39 is 0 Å². The molecule has 0 bridgehead atoms. The Kier molecular flexibility index (Phi) is 1.85. The fraction of sp³-hybridized carbons (Fsp3) is 0.429. The molecular formula is C7H9NO2. The highest BCUT2D eigenvalue weighted by atomic mass is 16.2. The molecule has 0 saturated carbocycles. The summed E-state index contributed by atoms with van der Waals surface area (Å²) in [6, 6.07) is 0. The van der Waals surface area contributed by atoms with Crippen molar-refractivity contribution in [1.29, 1.82) is 0 Å². The number of rotatable bonds is 0. The molecule has 0 aromatic carbocycles. The number of imide groups is 1. The number of hydrogen-bond acceptors (Lipinski definition) is 2. The van der Waals surface area contributed by atoms with E-state index >= 15 is 0 Å². The van der Waals surface area contributed by atoms with Crippen LogP contribution < -0.4 is 0 Å². The van der Waals surface area contributed by atoms with Gasteiger partial charge in [-0.25, -0.2) is 0 Å². The highest BCUT2D eigenvalue weighted by molar-refractivity contribution is 6.00. The van der Waals surface area contributed by atoms with Crippen LogP contribution in [0.25, 0.3) is 0 Å². The zero-order chi connectivity index (χ0) is 7.56. The quantitative estimate of drug-likeness (QED) is 0.484. The summed E-state index contributed by atoms with van der Waals surface area (Å²) in [5, 5.41) is 0. The lowest BCUT2D eigenvalue weighted by Crippen LogP contribution is -2.36. The van der Waals surface area contributed by atoms with Crippen molar-refractivity contribution in [1.82, 2.24) is 4.90 Å². The minimum Gasteiger partial charge on any atom is -0.279 e.